The first-order valence-electron chi connectivity index (χ1n) is 5.10. The second kappa shape index (κ2) is 5.38. The van der Waals surface area contributed by atoms with E-state index in [1.54, 1.807) is 13.4 Å². The van der Waals surface area contributed by atoms with Crippen LogP contribution in [-0.4, -0.2) is 37.2 Å². The van der Waals surface area contributed by atoms with Crippen LogP contribution in [0.2, 0.25) is 0 Å². The third kappa shape index (κ3) is 2.29. The number of hydrogen-bond donors (Lipinski definition) is 1. The fourth-order valence-corrected chi connectivity index (χ4v) is 1.48. The highest BCUT2D eigenvalue weighted by Crippen LogP contribution is 2.31. The lowest BCUT2D eigenvalue weighted by Crippen LogP contribution is -2.24. The molecule has 15 heavy (non-hydrogen) atoms. The summed E-state index contributed by atoms with van der Waals surface area (Å²) in [7, 11) is 3.45. The van der Waals surface area contributed by atoms with Crippen molar-refractivity contribution in [2.75, 3.05) is 37.5 Å². The lowest BCUT2D eigenvalue weighted by molar-refractivity contribution is 0.412. The number of rotatable bonds is 5. The van der Waals surface area contributed by atoms with E-state index >= 15 is 0 Å². The van der Waals surface area contributed by atoms with E-state index in [9.17, 15) is 0 Å². The smallest absolute Gasteiger partial charge is 0.204 e. The quantitative estimate of drug-likeness (QED) is 0.795. The van der Waals surface area contributed by atoms with Crippen LogP contribution in [0.1, 0.15) is 13.8 Å². The molecule has 0 fully saturated rings. The number of ether oxygens (including phenoxy) is 1. The molecule has 0 bridgehead atoms. The van der Waals surface area contributed by atoms with E-state index < -0.39 is 0 Å². The Morgan fingerprint density at radius 1 is 1.33 bits per heavy atom. The Balaban J connectivity index is 3.15. The van der Waals surface area contributed by atoms with E-state index in [0.29, 0.717) is 5.75 Å². The summed E-state index contributed by atoms with van der Waals surface area (Å²) in [6, 6.07) is 0. The monoisotopic (exact) mass is 210 g/mol. The summed E-state index contributed by atoms with van der Waals surface area (Å²) in [4.78, 5) is 10.5. The Labute approximate surface area is 90.5 Å². The first-order chi connectivity index (χ1) is 7.28. The van der Waals surface area contributed by atoms with Crippen LogP contribution in [0.4, 0.5) is 11.6 Å². The molecule has 0 saturated carbocycles. The molecule has 1 N–H and O–H groups in total. The van der Waals surface area contributed by atoms with Gasteiger partial charge in [-0.25, -0.2) is 9.97 Å². The van der Waals surface area contributed by atoms with Crippen molar-refractivity contribution in [2.24, 2.45) is 0 Å². The minimum Gasteiger partial charge on any atom is -0.490 e. The molecule has 1 aromatic heterocycles. The maximum atomic E-state index is 5.32. The molecular weight excluding hydrogens is 192 g/mol. The highest BCUT2D eigenvalue weighted by molar-refractivity contribution is 5.64. The number of methoxy groups -OCH3 is 1. The van der Waals surface area contributed by atoms with E-state index in [0.717, 1.165) is 24.7 Å². The van der Waals surface area contributed by atoms with Crippen LogP contribution in [0.3, 0.4) is 0 Å². The van der Waals surface area contributed by atoms with Gasteiger partial charge in [0, 0.05) is 20.1 Å². The third-order valence-electron chi connectivity index (χ3n) is 2.29. The molecule has 84 valence electrons. The molecule has 0 amide bonds. The second-order valence-corrected chi connectivity index (χ2v) is 3.00. The molecule has 1 heterocycles. The number of anilines is 2. The van der Waals surface area contributed by atoms with Crippen LogP contribution in [-0.2, 0) is 0 Å². The van der Waals surface area contributed by atoms with Gasteiger partial charge in [0.2, 0.25) is 5.75 Å². The van der Waals surface area contributed by atoms with Crippen molar-refractivity contribution in [2.45, 2.75) is 13.8 Å². The van der Waals surface area contributed by atoms with Crippen LogP contribution in [0.25, 0.3) is 0 Å². The van der Waals surface area contributed by atoms with Gasteiger partial charge in [0.05, 0.1) is 7.11 Å². The van der Waals surface area contributed by atoms with Crippen molar-refractivity contribution in [3.63, 3.8) is 0 Å². The van der Waals surface area contributed by atoms with Gasteiger partial charge in [-0.3, -0.25) is 0 Å². The molecule has 0 atom stereocenters. The average Bonchev–Trinajstić information content (AvgIpc) is 2.30. The van der Waals surface area contributed by atoms with Crippen molar-refractivity contribution in [1.29, 1.82) is 0 Å². The molecule has 0 aliphatic rings. The van der Waals surface area contributed by atoms with E-state index in [-0.39, 0.29) is 0 Å². The van der Waals surface area contributed by atoms with Gasteiger partial charge < -0.3 is 15.0 Å². The van der Waals surface area contributed by atoms with Crippen molar-refractivity contribution in [1.82, 2.24) is 9.97 Å². The third-order valence-corrected chi connectivity index (χ3v) is 2.29. The standard InChI is InChI=1S/C10H18N4O/c1-5-14(6-2)10-8(15-4)9(11-3)12-7-13-10/h7H,5-6H2,1-4H3,(H,11,12,13). The topological polar surface area (TPSA) is 50.3 Å². The minimum absolute atomic E-state index is 0.698. The van der Waals surface area contributed by atoms with Gasteiger partial charge in [-0.2, -0.15) is 0 Å². The lowest BCUT2D eigenvalue weighted by atomic mass is 10.4. The molecule has 0 aliphatic heterocycles. The first-order valence-corrected chi connectivity index (χ1v) is 5.10. The number of hydrogen-bond acceptors (Lipinski definition) is 5. The van der Waals surface area contributed by atoms with E-state index in [1.165, 1.54) is 0 Å². The van der Waals surface area contributed by atoms with Crippen LogP contribution in [0.5, 0.6) is 5.75 Å². The molecule has 0 saturated heterocycles. The van der Waals surface area contributed by atoms with Gasteiger partial charge in [-0.05, 0) is 13.8 Å². The van der Waals surface area contributed by atoms with Gasteiger partial charge in [-0.15, -0.1) is 0 Å². The number of nitrogens with one attached hydrogen (secondary N) is 1. The molecule has 1 rings (SSSR count). The molecule has 0 unspecified atom stereocenters. The van der Waals surface area contributed by atoms with Crippen molar-refractivity contribution in [3.05, 3.63) is 6.33 Å². The van der Waals surface area contributed by atoms with Gasteiger partial charge in [0.25, 0.3) is 0 Å². The zero-order valence-electron chi connectivity index (χ0n) is 9.74. The zero-order chi connectivity index (χ0) is 11.3. The summed E-state index contributed by atoms with van der Waals surface area (Å²) in [6.07, 6.45) is 1.54. The minimum atomic E-state index is 0.698. The molecule has 5 nitrogen and oxygen atoms in total. The lowest BCUT2D eigenvalue weighted by Gasteiger charge is -2.22. The molecule has 1 aromatic rings. The molecule has 0 aromatic carbocycles. The molecular formula is C10H18N4O. The summed E-state index contributed by atoms with van der Waals surface area (Å²) >= 11 is 0. The molecule has 0 radical (unpaired) electrons. The number of aromatic nitrogens is 2. The van der Waals surface area contributed by atoms with Gasteiger partial charge >= 0.3 is 0 Å². The van der Waals surface area contributed by atoms with Crippen LogP contribution >= 0.6 is 0 Å². The number of nitrogens with zero attached hydrogens (tertiary/aromatic N) is 3. The zero-order valence-corrected chi connectivity index (χ0v) is 9.74. The average molecular weight is 210 g/mol. The second-order valence-electron chi connectivity index (χ2n) is 3.00. The maximum Gasteiger partial charge on any atom is 0.204 e. The van der Waals surface area contributed by atoms with Crippen LogP contribution in [0.15, 0.2) is 6.33 Å². The van der Waals surface area contributed by atoms with Gasteiger partial charge in [-0.1, -0.05) is 0 Å². The van der Waals surface area contributed by atoms with Crippen molar-refractivity contribution >= 4 is 11.6 Å². The summed E-state index contributed by atoms with van der Waals surface area (Å²) < 4.78 is 5.32. The predicted molar refractivity (Wildman–Crippen MR) is 61.7 cm³/mol. The Hall–Kier alpha value is -1.52. The van der Waals surface area contributed by atoms with E-state index in [2.05, 4.69) is 34.0 Å². The Kier molecular flexibility index (Phi) is 4.15. The van der Waals surface area contributed by atoms with Crippen molar-refractivity contribution in [3.8, 4) is 5.75 Å². The Morgan fingerprint density at radius 3 is 2.47 bits per heavy atom. The fraction of sp³-hybridized carbons (Fsp3) is 0.600. The van der Waals surface area contributed by atoms with Gasteiger partial charge in [0.1, 0.15) is 6.33 Å². The van der Waals surface area contributed by atoms with Crippen LogP contribution < -0.4 is 15.0 Å². The molecule has 0 aliphatic carbocycles. The SMILES string of the molecule is CCN(CC)c1ncnc(NC)c1OC. The Bertz CT molecular complexity index is 312. The first kappa shape index (κ1) is 11.6. The molecule has 0 spiro atoms. The van der Waals surface area contributed by atoms with Crippen molar-refractivity contribution < 1.29 is 4.74 Å². The maximum absolute atomic E-state index is 5.32. The highest BCUT2D eigenvalue weighted by Gasteiger charge is 2.14. The predicted octanol–water partition coefficient (Wildman–Crippen LogP) is 1.37. The normalized spacial score (nSPS) is 9.87. The largest absolute Gasteiger partial charge is 0.490 e. The van der Waals surface area contributed by atoms with E-state index in [4.69, 9.17) is 4.74 Å². The van der Waals surface area contributed by atoms with E-state index in [1.807, 2.05) is 7.05 Å². The summed E-state index contributed by atoms with van der Waals surface area (Å²) in [5.74, 6) is 2.25. The summed E-state index contributed by atoms with van der Waals surface area (Å²) in [5, 5.41) is 2.99. The highest BCUT2D eigenvalue weighted by atomic mass is 16.5. The van der Waals surface area contributed by atoms with Crippen LogP contribution in [0, 0.1) is 0 Å². The summed E-state index contributed by atoms with van der Waals surface area (Å²) in [5.41, 5.74) is 0. The Morgan fingerprint density at radius 2 is 2.00 bits per heavy atom. The summed E-state index contributed by atoms with van der Waals surface area (Å²) in [6.45, 7) is 5.97. The molecule has 5 heteroatoms. The van der Waals surface area contributed by atoms with Gasteiger partial charge in [0.15, 0.2) is 11.6 Å². The fourth-order valence-electron chi connectivity index (χ4n) is 1.48.